The number of rotatable bonds is 2. The zero-order valence-corrected chi connectivity index (χ0v) is 12.0. The summed E-state index contributed by atoms with van der Waals surface area (Å²) in [7, 11) is 3.02. The van der Waals surface area contributed by atoms with E-state index in [1.54, 1.807) is 25.2 Å². The second-order valence-electron chi connectivity index (χ2n) is 4.07. The van der Waals surface area contributed by atoms with Crippen LogP contribution in [0.4, 0.5) is 0 Å². The summed E-state index contributed by atoms with van der Waals surface area (Å²) in [6.45, 7) is -0.284. The van der Waals surface area contributed by atoms with Gasteiger partial charge in [0.1, 0.15) is 6.54 Å². The van der Waals surface area contributed by atoms with Crippen molar-refractivity contribution in [1.82, 2.24) is 14.5 Å². The summed E-state index contributed by atoms with van der Waals surface area (Å²) in [5, 5.41) is 2.79. The minimum Gasteiger partial charge on any atom is -0.358 e. The van der Waals surface area contributed by atoms with Gasteiger partial charge in [0.15, 0.2) is 0 Å². The third-order valence-electron chi connectivity index (χ3n) is 2.90. The van der Waals surface area contributed by atoms with Crippen molar-refractivity contribution in [3.05, 3.63) is 43.5 Å². The Hall–Kier alpha value is -1.89. The minimum absolute atomic E-state index is 0.284. The highest BCUT2D eigenvalue weighted by molar-refractivity contribution is 9.10. The molecule has 19 heavy (non-hydrogen) atoms. The van der Waals surface area contributed by atoms with Crippen LogP contribution in [-0.4, -0.2) is 22.1 Å². The van der Waals surface area contributed by atoms with Crippen molar-refractivity contribution in [2.24, 2.45) is 7.05 Å². The molecule has 0 unspecified atom stereocenters. The Kier molecular flexibility index (Phi) is 3.57. The van der Waals surface area contributed by atoms with E-state index in [1.807, 2.05) is 0 Å². The molecule has 0 saturated carbocycles. The van der Waals surface area contributed by atoms with Crippen LogP contribution in [0.5, 0.6) is 0 Å². The van der Waals surface area contributed by atoms with Crippen molar-refractivity contribution in [3.8, 4) is 0 Å². The summed E-state index contributed by atoms with van der Waals surface area (Å²) in [6.07, 6.45) is 0. The molecule has 1 aromatic heterocycles. The van der Waals surface area contributed by atoms with Crippen LogP contribution >= 0.6 is 15.9 Å². The minimum atomic E-state index is -0.515. The summed E-state index contributed by atoms with van der Waals surface area (Å²) < 4.78 is 3.05. The molecule has 0 aliphatic rings. The van der Waals surface area contributed by atoms with Crippen LogP contribution in [0, 0.1) is 0 Å². The average molecular weight is 326 g/mol. The maximum Gasteiger partial charge on any atom is 0.331 e. The topological polar surface area (TPSA) is 73.1 Å². The SMILES string of the molecule is CNC(=O)Cn1c(=O)c2ccc(Br)cc2n(C)c1=O. The Morgan fingerprint density at radius 3 is 2.68 bits per heavy atom. The monoisotopic (exact) mass is 325 g/mol. The third-order valence-corrected chi connectivity index (χ3v) is 3.39. The van der Waals surface area contributed by atoms with E-state index in [-0.39, 0.29) is 6.54 Å². The van der Waals surface area contributed by atoms with Gasteiger partial charge in [-0.05, 0) is 18.2 Å². The standard InChI is InChI=1S/C12H12BrN3O3/c1-14-10(17)6-16-11(18)8-4-3-7(13)5-9(8)15(2)12(16)19/h3-5H,6H2,1-2H3,(H,14,17). The predicted octanol–water partition coefficient (Wildman–Crippen LogP) is 0.209. The highest BCUT2D eigenvalue weighted by Gasteiger charge is 2.13. The molecule has 1 N–H and O–H groups in total. The number of hydrogen-bond acceptors (Lipinski definition) is 3. The molecule has 0 radical (unpaired) electrons. The number of hydrogen-bond donors (Lipinski definition) is 1. The Labute approximate surface area is 116 Å². The van der Waals surface area contributed by atoms with E-state index in [1.165, 1.54) is 11.6 Å². The molecular weight excluding hydrogens is 314 g/mol. The molecule has 0 saturated heterocycles. The number of nitrogens with zero attached hydrogens (tertiary/aromatic N) is 2. The van der Waals surface area contributed by atoms with Crippen molar-refractivity contribution in [1.29, 1.82) is 0 Å². The summed E-state index contributed by atoms with van der Waals surface area (Å²) in [5.74, 6) is -0.393. The lowest BCUT2D eigenvalue weighted by atomic mass is 10.2. The number of amides is 1. The Bertz CT molecular complexity index is 776. The highest BCUT2D eigenvalue weighted by atomic mass is 79.9. The smallest absolute Gasteiger partial charge is 0.331 e. The van der Waals surface area contributed by atoms with Crippen molar-refractivity contribution in [2.75, 3.05) is 7.05 Å². The van der Waals surface area contributed by atoms with Crippen LogP contribution in [-0.2, 0) is 18.4 Å². The van der Waals surface area contributed by atoms with Crippen molar-refractivity contribution >= 4 is 32.7 Å². The molecule has 2 aromatic rings. The molecular formula is C12H12BrN3O3. The molecule has 7 heteroatoms. The predicted molar refractivity (Wildman–Crippen MR) is 75.2 cm³/mol. The maximum absolute atomic E-state index is 12.2. The number of nitrogens with one attached hydrogen (secondary N) is 1. The lowest BCUT2D eigenvalue weighted by Gasteiger charge is -2.10. The van der Waals surface area contributed by atoms with Crippen LogP contribution < -0.4 is 16.6 Å². The number of aryl methyl sites for hydroxylation is 1. The molecule has 0 aliphatic carbocycles. The second kappa shape index (κ2) is 5.00. The van der Waals surface area contributed by atoms with E-state index >= 15 is 0 Å². The maximum atomic E-state index is 12.2. The van der Waals surface area contributed by atoms with Gasteiger partial charge in [-0.15, -0.1) is 0 Å². The average Bonchev–Trinajstić information content (AvgIpc) is 2.40. The zero-order chi connectivity index (χ0) is 14.2. The Balaban J connectivity index is 2.81. The Morgan fingerprint density at radius 2 is 2.05 bits per heavy atom. The molecule has 6 nitrogen and oxygen atoms in total. The van der Waals surface area contributed by atoms with E-state index in [4.69, 9.17) is 0 Å². The lowest BCUT2D eigenvalue weighted by molar-refractivity contribution is -0.121. The van der Waals surface area contributed by atoms with Gasteiger partial charge >= 0.3 is 5.69 Å². The van der Waals surface area contributed by atoms with Crippen molar-refractivity contribution < 1.29 is 4.79 Å². The first kappa shape index (κ1) is 13.5. The van der Waals surface area contributed by atoms with Crippen LogP contribution in [0.3, 0.4) is 0 Å². The quantitative estimate of drug-likeness (QED) is 0.857. The molecule has 1 aromatic carbocycles. The fraction of sp³-hybridized carbons (Fsp3) is 0.250. The number of benzene rings is 1. The van der Waals surface area contributed by atoms with Crippen molar-refractivity contribution in [3.63, 3.8) is 0 Å². The van der Waals surface area contributed by atoms with E-state index in [2.05, 4.69) is 21.2 Å². The molecule has 0 fully saturated rings. The number of likely N-dealkylation sites (N-methyl/N-ethyl adjacent to an activating group) is 1. The van der Waals surface area contributed by atoms with Gasteiger partial charge in [0, 0.05) is 18.6 Å². The van der Waals surface area contributed by atoms with E-state index in [0.29, 0.717) is 10.9 Å². The van der Waals surface area contributed by atoms with Crippen LogP contribution in [0.25, 0.3) is 10.9 Å². The molecule has 0 aliphatic heterocycles. The lowest BCUT2D eigenvalue weighted by Crippen LogP contribution is -2.42. The number of fused-ring (bicyclic) bond motifs is 1. The first-order chi connectivity index (χ1) is 8.95. The first-order valence-electron chi connectivity index (χ1n) is 5.55. The molecule has 1 amide bonds. The number of carbonyl (C=O) groups is 1. The Morgan fingerprint density at radius 1 is 1.37 bits per heavy atom. The summed E-state index contributed by atoms with van der Waals surface area (Å²) in [6, 6.07) is 5.04. The molecule has 0 spiro atoms. The van der Waals surface area contributed by atoms with Crippen LogP contribution in [0.2, 0.25) is 0 Å². The summed E-state index contributed by atoms with van der Waals surface area (Å²) >= 11 is 3.30. The van der Waals surface area contributed by atoms with Gasteiger partial charge in [0.2, 0.25) is 5.91 Å². The first-order valence-corrected chi connectivity index (χ1v) is 6.34. The second-order valence-corrected chi connectivity index (χ2v) is 4.98. The normalized spacial score (nSPS) is 10.7. The van der Waals surface area contributed by atoms with Gasteiger partial charge in [-0.2, -0.15) is 0 Å². The highest BCUT2D eigenvalue weighted by Crippen LogP contribution is 2.15. The van der Waals surface area contributed by atoms with Gasteiger partial charge in [0.25, 0.3) is 5.56 Å². The third kappa shape index (κ3) is 2.33. The number of carbonyl (C=O) groups excluding carboxylic acids is 1. The van der Waals surface area contributed by atoms with E-state index in [9.17, 15) is 14.4 Å². The van der Waals surface area contributed by atoms with Gasteiger partial charge in [-0.1, -0.05) is 15.9 Å². The van der Waals surface area contributed by atoms with Gasteiger partial charge in [0.05, 0.1) is 10.9 Å². The zero-order valence-electron chi connectivity index (χ0n) is 10.4. The van der Waals surface area contributed by atoms with Crippen LogP contribution in [0.1, 0.15) is 0 Å². The largest absolute Gasteiger partial charge is 0.358 e. The molecule has 2 rings (SSSR count). The molecule has 1 heterocycles. The summed E-state index contributed by atoms with van der Waals surface area (Å²) in [4.78, 5) is 35.7. The number of halogens is 1. The fourth-order valence-electron chi connectivity index (χ4n) is 1.84. The van der Waals surface area contributed by atoms with E-state index in [0.717, 1.165) is 9.04 Å². The molecule has 0 bridgehead atoms. The fourth-order valence-corrected chi connectivity index (χ4v) is 2.19. The summed E-state index contributed by atoms with van der Waals surface area (Å²) in [5.41, 5.74) is -0.453. The van der Waals surface area contributed by atoms with Gasteiger partial charge < -0.3 is 5.32 Å². The van der Waals surface area contributed by atoms with Crippen LogP contribution in [0.15, 0.2) is 32.3 Å². The van der Waals surface area contributed by atoms with E-state index < -0.39 is 17.2 Å². The van der Waals surface area contributed by atoms with Gasteiger partial charge in [-0.3, -0.25) is 18.7 Å². The van der Waals surface area contributed by atoms with Crippen molar-refractivity contribution in [2.45, 2.75) is 6.54 Å². The number of aromatic nitrogens is 2. The molecule has 0 atom stereocenters. The molecule has 100 valence electrons. The van der Waals surface area contributed by atoms with Gasteiger partial charge in [-0.25, -0.2) is 4.79 Å².